The average Bonchev–Trinajstić information content (AvgIpc) is 2.64. The van der Waals surface area contributed by atoms with Crippen molar-refractivity contribution in [1.29, 1.82) is 0 Å². The highest BCUT2D eigenvalue weighted by atomic mass is 35.5. The minimum atomic E-state index is -0.229. The molecule has 15 heavy (non-hydrogen) atoms. The van der Waals surface area contributed by atoms with Gasteiger partial charge in [-0.1, -0.05) is 6.07 Å². The highest BCUT2D eigenvalue weighted by Gasteiger charge is 2.05. The summed E-state index contributed by atoms with van der Waals surface area (Å²) >= 11 is 0. The van der Waals surface area contributed by atoms with E-state index in [4.69, 9.17) is 10.8 Å². The minimum absolute atomic E-state index is 0. The molecule has 0 aliphatic heterocycles. The normalized spacial score (nSPS) is 12.4. The summed E-state index contributed by atoms with van der Waals surface area (Å²) in [6, 6.07) is 5.36. The molecule has 1 unspecified atom stereocenters. The van der Waals surface area contributed by atoms with Crippen molar-refractivity contribution in [3.63, 3.8) is 0 Å². The van der Waals surface area contributed by atoms with Gasteiger partial charge in [-0.2, -0.15) is 0 Å². The predicted molar refractivity (Wildman–Crippen MR) is 57.8 cm³/mol. The van der Waals surface area contributed by atoms with Crippen molar-refractivity contribution < 1.29 is 9.74 Å². The largest absolute Gasteiger partial charge is 0.395 e. The van der Waals surface area contributed by atoms with Gasteiger partial charge in [0.05, 0.1) is 6.61 Å². The number of aromatic nitrogens is 2. The molecule has 1 atom stereocenters. The lowest BCUT2D eigenvalue weighted by molar-refractivity contribution is 0.265. The van der Waals surface area contributed by atoms with Gasteiger partial charge in [0.1, 0.15) is 11.0 Å². The summed E-state index contributed by atoms with van der Waals surface area (Å²) in [5.41, 5.74) is 8.08. The quantitative estimate of drug-likeness (QED) is 0.801. The van der Waals surface area contributed by atoms with Gasteiger partial charge in [0.2, 0.25) is 0 Å². The molecule has 0 bridgehead atoms. The Morgan fingerprint density at radius 1 is 1.33 bits per heavy atom. The van der Waals surface area contributed by atoms with Crippen molar-refractivity contribution in [3.05, 3.63) is 23.8 Å². The first-order valence-electron chi connectivity index (χ1n) is 4.37. The smallest absolute Gasteiger partial charge is 0.135 e. The van der Waals surface area contributed by atoms with Crippen molar-refractivity contribution in [2.45, 2.75) is 12.5 Å². The first kappa shape index (κ1) is 11.9. The Labute approximate surface area is 92.6 Å². The molecule has 1 aromatic heterocycles. The standard InChI is InChI=1S/C9H11N3O2.ClH/c10-7(5-13)3-6-1-2-8-9(4-6)12-14-11-8;/h1-2,4,7,13H,3,5,10H2;1H. The van der Waals surface area contributed by atoms with Crippen LogP contribution in [-0.2, 0) is 6.42 Å². The second kappa shape index (κ2) is 5.06. The highest BCUT2D eigenvalue weighted by Crippen LogP contribution is 2.12. The van der Waals surface area contributed by atoms with E-state index >= 15 is 0 Å². The zero-order valence-corrected chi connectivity index (χ0v) is 8.78. The van der Waals surface area contributed by atoms with Crippen molar-refractivity contribution >= 4 is 23.4 Å². The molecular formula is C9H12ClN3O2. The molecule has 1 aromatic carbocycles. The topological polar surface area (TPSA) is 85.2 Å². The molecule has 0 amide bonds. The third-order valence-corrected chi connectivity index (χ3v) is 2.05. The number of rotatable bonds is 3. The fraction of sp³-hybridized carbons (Fsp3) is 0.333. The Bertz CT molecular complexity index is 432. The second-order valence-corrected chi connectivity index (χ2v) is 3.23. The van der Waals surface area contributed by atoms with Crippen LogP contribution in [0, 0.1) is 0 Å². The van der Waals surface area contributed by atoms with Gasteiger partial charge in [-0.3, -0.25) is 0 Å². The fourth-order valence-corrected chi connectivity index (χ4v) is 1.32. The number of nitrogens with zero attached hydrogens (tertiary/aromatic N) is 2. The van der Waals surface area contributed by atoms with E-state index in [9.17, 15) is 0 Å². The van der Waals surface area contributed by atoms with Gasteiger partial charge in [-0.05, 0) is 34.4 Å². The van der Waals surface area contributed by atoms with Crippen LogP contribution in [0.5, 0.6) is 0 Å². The van der Waals surface area contributed by atoms with Crippen LogP contribution in [-0.4, -0.2) is 28.1 Å². The molecule has 0 aliphatic rings. The zero-order chi connectivity index (χ0) is 9.97. The summed E-state index contributed by atoms with van der Waals surface area (Å²) < 4.78 is 4.57. The van der Waals surface area contributed by atoms with Gasteiger partial charge in [0, 0.05) is 6.04 Å². The minimum Gasteiger partial charge on any atom is -0.395 e. The van der Waals surface area contributed by atoms with Crippen LogP contribution in [0.15, 0.2) is 22.8 Å². The van der Waals surface area contributed by atoms with E-state index in [1.807, 2.05) is 18.2 Å². The molecule has 6 heteroatoms. The number of hydrogen-bond donors (Lipinski definition) is 2. The summed E-state index contributed by atoms with van der Waals surface area (Å²) in [7, 11) is 0. The molecule has 0 radical (unpaired) electrons. The summed E-state index contributed by atoms with van der Waals surface area (Å²) in [6.07, 6.45) is 0.624. The van der Waals surface area contributed by atoms with Crippen LogP contribution in [0.1, 0.15) is 5.56 Å². The predicted octanol–water partition coefficient (Wildman–Crippen LogP) is 0.507. The fourth-order valence-electron chi connectivity index (χ4n) is 1.32. The SMILES string of the molecule is Cl.NC(CO)Cc1ccc2nonc2c1. The maximum Gasteiger partial charge on any atom is 0.135 e. The molecule has 5 nitrogen and oxygen atoms in total. The molecule has 0 aliphatic carbocycles. The average molecular weight is 230 g/mol. The Hall–Kier alpha value is -1.17. The lowest BCUT2D eigenvalue weighted by atomic mass is 10.1. The highest BCUT2D eigenvalue weighted by molar-refractivity contribution is 5.85. The molecule has 2 rings (SSSR count). The molecule has 0 saturated carbocycles. The van der Waals surface area contributed by atoms with Crippen molar-refractivity contribution in [2.75, 3.05) is 6.61 Å². The van der Waals surface area contributed by atoms with Gasteiger partial charge in [-0.15, -0.1) is 12.4 Å². The number of benzene rings is 1. The molecule has 2 aromatic rings. The number of fused-ring (bicyclic) bond motifs is 1. The second-order valence-electron chi connectivity index (χ2n) is 3.23. The van der Waals surface area contributed by atoms with Crippen molar-refractivity contribution in [3.8, 4) is 0 Å². The van der Waals surface area contributed by atoms with Gasteiger partial charge in [0.25, 0.3) is 0 Å². The maximum atomic E-state index is 8.80. The molecule has 3 N–H and O–H groups in total. The van der Waals surface area contributed by atoms with Gasteiger partial charge in [-0.25, -0.2) is 4.63 Å². The molecule has 0 fully saturated rings. The van der Waals surface area contributed by atoms with Crippen LogP contribution in [0.2, 0.25) is 0 Å². The van der Waals surface area contributed by atoms with Crippen LogP contribution in [0.4, 0.5) is 0 Å². The summed E-state index contributed by atoms with van der Waals surface area (Å²) in [5, 5.41) is 16.2. The monoisotopic (exact) mass is 229 g/mol. The first-order chi connectivity index (χ1) is 6.79. The lowest BCUT2D eigenvalue weighted by Gasteiger charge is -2.06. The first-order valence-corrected chi connectivity index (χ1v) is 4.37. The van der Waals surface area contributed by atoms with E-state index in [1.165, 1.54) is 0 Å². The molecule has 0 spiro atoms. The van der Waals surface area contributed by atoms with Crippen LogP contribution >= 0.6 is 12.4 Å². The molecule has 1 heterocycles. The van der Waals surface area contributed by atoms with Gasteiger partial charge in [0.15, 0.2) is 0 Å². The number of halogens is 1. The number of aliphatic hydroxyl groups excluding tert-OH is 1. The van der Waals surface area contributed by atoms with E-state index in [-0.39, 0.29) is 25.1 Å². The van der Waals surface area contributed by atoms with Crippen LogP contribution in [0.3, 0.4) is 0 Å². The summed E-state index contributed by atoms with van der Waals surface area (Å²) in [5.74, 6) is 0. The van der Waals surface area contributed by atoms with E-state index in [0.29, 0.717) is 11.9 Å². The van der Waals surface area contributed by atoms with Gasteiger partial charge >= 0.3 is 0 Å². The third kappa shape index (κ3) is 2.65. The van der Waals surface area contributed by atoms with Gasteiger partial charge < -0.3 is 10.8 Å². The van der Waals surface area contributed by atoms with E-state index in [0.717, 1.165) is 11.1 Å². The zero-order valence-electron chi connectivity index (χ0n) is 7.96. The van der Waals surface area contributed by atoms with Crippen molar-refractivity contribution in [1.82, 2.24) is 10.3 Å². The summed E-state index contributed by atoms with van der Waals surface area (Å²) in [6.45, 7) is -0.0187. The molecule has 82 valence electrons. The molecular weight excluding hydrogens is 218 g/mol. The summed E-state index contributed by atoms with van der Waals surface area (Å²) in [4.78, 5) is 0. The van der Waals surface area contributed by atoms with Crippen molar-refractivity contribution in [2.24, 2.45) is 5.73 Å². The number of nitrogens with two attached hydrogens (primary N) is 1. The Morgan fingerprint density at radius 3 is 2.80 bits per heavy atom. The molecule has 0 saturated heterocycles. The number of aliphatic hydroxyl groups is 1. The van der Waals surface area contributed by atoms with E-state index in [2.05, 4.69) is 14.9 Å². The maximum absolute atomic E-state index is 8.80. The third-order valence-electron chi connectivity index (χ3n) is 2.05. The van der Waals surface area contributed by atoms with E-state index < -0.39 is 0 Å². The Balaban J connectivity index is 0.00000112. The Morgan fingerprint density at radius 2 is 2.07 bits per heavy atom. The van der Waals surface area contributed by atoms with Crippen LogP contribution < -0.4 is 5.73 Å². The lowest BCUT2D eigenvalue weighted by Crippen LogP contribution is -2.26. The van der Waals surface area contributed by atoms with E-state index in [1.54, 1.807) is 0 Å². The number of hydrogen-bond acceptors (Lipinski definition) is 5. The Kier molecular flexibility index (Phi) is 4.02. The van der Waals surface area contributed by atoms with Crippen LogP contribution in [0.25, 0.3) is 11.0 Å².